The molecule has 0 amide bonds. The summed E-state index contributed by atoms with van der Waals surface area (Å²) in [5.74, 6) is 2.35. The summed E-state index contributed by atoms with van der Waals surface area (Å²) in [6, 6.07) is 9.13. The van der Waals surface area contributed by atoms with Gasteiger partial charge in [-0.25, -0.2) is 0 Å². The van der Waals surface area contributed by atoms with E-state index >= 15 is 0 Å². The fraction of sp³-hybridized carbons (Fsp3) is 0.143. The molecule has 2 aromatic carbocycles. The molecule has 2 aliphatic rings. The first kappa shape index (κ1) is 8.00. The number of rotatable bonds is 0. The summed E-state index contributed by atoms with van der Waals surface area (Å²) >= 11 is 2.02. The van der Waals surface area contributed by atoms with Gasteiger partial charge in [-0.15, -0.1) is 0 Å². The van der Waals surface area contributed by atoms with Gasteiger partial charge in [-0.2, -0.15) is 11.8 Å². The van der Waals surface area contributed by atoms with E-state index in [0.29, 0.717) is 0 Å². The summed E-state index contributed by atoms with van der Waals surface area (Å²) in [4.78, 5) is 0. The molecule has 0 aromatic heterocycles. The van der Waals surface area contributed by atoms with Crippen molar-refractivity contribution in [1.82, 2.24) is 0 Å². The van der Waals surface area contributed by atoms with Crippen molar-refractivity contribution in [2.24, 2.45) is 0 Å². The summed E-state index contributed by atoms with van der Waals surface area (Å²) in [5, 5.41) is 3.03. The first-order valence-corrected chi connectivity index (χ1v) is 6.42. The molecule has 0 saturated heterocycles. The fourth-order valence-electron chi connectivity index (χ4n) is 2.67. The van der Waals surface area contributed by atoms with E-state index in [1.807, 2.05) is 11.8 Å². The Morgan fingerprint density at radius 1 is 0.733 bits per heavy atom. The van der Waals surface area contributed by atoms with Crippen LogP contribution in [0.15, 0.2) is 24.3 Å². The molecule has 0 radical (unpaired) electrons. The molecule has 0 atom stereocenters. The zero-order valence-electron chi connectivity index (χ0n) is 8.29. The average Bonchev–Trinajstić information content (AvgIpc) is 2.71. The first-order valence-electron chi connectivity index (χ1n) is 5.27. The van der Waals surface area contributed by atoms with Crippen molar-refractivity contribution >= 4 is 34.7 Å². The normalized spacial score (nSPS) is 16.3. The van der Waals surface area contributed by atoms with Crippen LogP contribution in [0.4, 0.5) is 0 Å². The summed E-state index contributed by atoms with van der Waals surface area (Å²) in [6.45, 7) is 0. The van der Waals surface area contributed by atoms with Crippen LogP contribution in [0.5, 0.6) is 0 Å². The van der Waals surface area contributed by atoms with Crippen LogP contribution in [-0.2, 0) is 11.5 Å². The highest BCUT2D eigenvalue weighted by Crippen LogP contribution is 2.40. The number of hydrogen-bond acceptors (Lipinski definition) is 1. The summed E-state index contributed by atoms with van der Waals surface area (Å²) < 4.78 is 0. The molecule has 0 spiro atoms. The van der Waals surface area contributed by atoms with Crippen molar-refractivity contribution in [2.45, 2.75) is 11.5 Å². The maximum atomic E-state index is 2.30. The number of benzene rings is 2. The topological polar surface area (TPSA) is 0 Å². The molecule has 0 unspecified atom stereocenters. The van der Waals surface area contributed by atoms with Gasteiger partial charge in [0.1, 0.15) is 0 Å². The third kappa shape index (κ3) is 0.941. The highest BCUT2D eigenvalue weighted by molar-refractivity contribution is 7.97. The third-order valence-corrected chi connectivity index (χ3v) is 4.39. The maximum Gasteiger partial charge on any atom is 0.0194 e. The standard InChI is InChI=1S/C14H10S/c1-2-10-4-6-12-8-15-7-11-5-3-9(1)13(10)14(11)12/h1-6H,7-8H2. The lowest BCUT2D eigenvalue weighted by Crippen LogP contribution is -1.97. The Hall–Kier alpha value is -1.21. The molecule has 0 nitrogen and oxygen atoms in total. The van der Waals surface area contributed by atoms with E-state index in [4.69, 9.17) is 0 Å². The average molecular weight is 210 g/mol. The second-order valence-corrected chi connectivity index (χ2v) is 5.19. The van der Waals surface area contributed by atoms with E-state index in [0.717, 1.165) is 0 Å². The molecule has 0 bridgehead atoms. The maximum absolute atomic E-state index is 2.30. The van der Waals surface area contributed by atoms with Crippen LogP contribution in [-0.4, -0.2) is 0 Å². The number of thioether (sulfide) groups is 1. The van der Waals surface area contributed by atoms with Crippen molar-refractivity contribution in [1.29, 1.82) is 0 Å². The minimum absolute atomic E-state index is 1.17. The molecule has 4 rings (SSSR count). The van der Waals surface area contributed by atoms with Gasteiger partial charge in [0.05, 0.1) is 0 Å². The van der Waals surface area contributed by atoms with Gasteiger partial charge in [-0.05, 0) is 33.0 Å². The van der Waals surface area contributed by atoms with E-state index in [1.54, 1.807) is 0 Å². The smallest absolute Gasteiger partial charge is 0.0194 e. The van der Waals surface area contributed by atoms with E-state index in [1.165, 1.54) is 44.5 Å². The van der Waals surface area contributed by atoms with Gasteiger partial charge in [-0.3, -0.25) is 0 Å². The Bertz CT molecular complexity index is 560. The Balaban J connectivity index is 2.29. The van der Waals surface area contributed by atoms with Crippen LogP contribution >= 0.6 is 11.8 Å². The van der Waals surface area contributed by atoms with Gasteiger partial charge >= 0.3 is 0 Å². The molecule has 1 heterocycles. The zero-order valence-corrected chi connectivity index (χ0v) is 9.10. The van der Waals surface area contributed by atoms with Gasteiger partial charge in [0, 0.05) is 11.5 Å². The molecule has 0 N–H and O–H groups in total. The Morgan fingerprint density at radius 2 is 1.33 bits per heavy atom. The molecule has 1 aliphatic heterocycles. The van der Waals surface area contributed by atoms with Crippen molar-refractivity contribution < 1.29 is 0 Å². The SMILES string of the molecule is C1=Cc2ccc3c4c(ccc1c24)CSC3. The molecule has 2 aromatic rings. The predicted molar refractivity (Wildman–Crippen MR) is 67.9 cm³/mol. The monoisotopic (exact) mass is 210 g/mol. The number of hydrogen-bond donors (Lipinski definition) is 0. The van der Waals surface area contributed by atoms with Gasteiger partial charge in [0.15, 0.2) is 0 Å². The van der Waals surface area contributed by atoms with Crippen LogP contribution in [0.3, 0.4) is 0 Å². The van der Waals surface area contributed by atoms with Crippen LogP contribution in [0.25, 0.3) is 22.9 Å². The molecule has 15 heavy (non-hydrogen) atoms. The summed E-state index contributed by atoms with van der Waals surface area (Å²) in [7, 11) is 0. The summed E-state index contributed by atoms with van der Waals surface area (Å²) in [6.07, 6.45) is 4.47. The largest absolute Gasteiger partial charge is 0.152 e. The quantitative estimate of drug-likeness (QED) is 0.539. The van der Waals surface area contributed by atoms with Crippen molar-refractivity contribution in [3.05, 3.63) is 46.5 Å². The molecule has 72 valence electrons. The van der Waals surface area contributed by atoms with Gasteiger partial charge in [0.25, 0.3) is 0 Å². The van der Waals surface area contributed by atoms with E-state index < -0.39 is 0 Å². The highest BCUT2D eigenvalue weighted by atomic mass is 32.2. The Kier molecular flexibility index (Phi) is 1.43. The van der Waals surface area contributed by atoms with Crippen LogP contribution in [0, 0.1) is 0 Å². The lowest BCUT2D eigenvalue weighted by molar-refractivity contribution is 1.34. The molecule has 0 fully saturated rings. The second kappa shape index (κ2) is 2.67. The van der Waals surface area contributed by atoms with Crippen molar-refractivity contribution in [3.63, 3.8) is 0 Å². The van der Waals surface area contributed by atoms with Crippen LogP contribution < -0.4 is 0 Å². The minimum Gasteiger partial charge on any atom is -0.152 e. The minimum atomic E-state index is 1.17. The van der Waals surface area contributed by atoms with Gasteiger partial charge in [0.2, 0.25) is 0 Å². The Morgan fingerprint density at radius 3 is 1.93 bits per heavy atom. The molecule has 1 aliphatic carbocycles. The summed E-state index contributed by atoms with van der Waals surface area (Å²) in [5.41, 5.74) is 5.84. The highest BCUT2D eigenvalue weighted by Gasteiger charge is 2.17. The lowest BCUT2D eigenvalue weighted by Gasteiger charge is -2.18. The van der Waals surface area contributed by atoms with E-state index in [2.05, 4.69) is 36.4 Å². The van der Waals surface area contributed by atoms with E-state index in [9.17, 15) is 0 Å². The molecular formula is C14H10S. The predicted octanol–water partition coefficient (Wildman–Crippen LogP) is 4.07. The Labute approximate surface area is 93.0 Å². The van der Waals surface area contributed by atoms with Gasteiger partial charge < -0.3 is 0 Å². The van der Waals surface area contributed by atoms with Crippen LogP contribution in [0.2, 0.25) is 0 Å². The zero-order chi connectivity index (χ0) is 9.83. The fourth-order valence-corrected chi connectivity index (χ4v) is 3.69. The van der Waals surface area contributed by atoms with Crippen molar-refractivity contribution in [3.8, 4) is 0 Å². The lowest BCUT2D eigenvalue weighted by atomic mass is 9.96. The first-order chi connectivity index (χ1) is 7.43. The second-order valence-electron chi connectivity index (χ2n) is 4.20. The molecule has 1 heteroatoms. The van der Waals surface area contributed by atoms with E-state index in [-0.39, 0.29) is 0 Å². The third-order valence-electron chi connectivity index (χ3n) is 3.36. The molecular weight excluding hydrogens is 200 g/mol. The van der Waals surface area contributed by atoms with Crippen molar-refractivity contribution in [2.75, 3.05) is 0 Å². The van der Waals surface area contributed by atoms with Crippen LogP contribution in [0.1, 0.15) is 22.3 Å². The van der Waals surface area contributed by atoms with Gasteiger partial charge in [-0.1, -0.05) is 36.4 Å². The molecule has 0 saturated carbocycles.